The van der Waals surface area contributed by atoms with E-state index in [0.29, 0.717) is 6.54 Å². The van der Waals surface area contributed by atoms with E-state index < -0.39 is 0 Å². The van der Waals surface area contributed by atoms with E-state index in [-0.39, 0.29) is 0 Å². The van der Waals surface area contributed by atoms with Gasteiger partial charge in [-0.05, 0) is 18.3 Å². The first-order chi connectivity index (χ1) is 4.84. The molecule has 0 aromatic carbocycles. The van der Waals surface area contributed by atoms with E-state index in [1.54, 1.807) is 10.9 Å². The van der Waals surface area contributed by atoms with E-state index in [2.05, 4.69) is 27.5 Å². The lowest BCUT2D eigenvalue weighted by Crippen LogP contribution is -1.95. The molecule has 0 N–H and O–H groups in total. The second kappa shape index (κ2) is 3.25. The molecule has 1 aromatic rings. The van der Waals surface area contributed by atoms with Crippen LogP contribution in [-0.2, 0) is 13.6 Å². The van der Waals surface area contributed by atoms with Crippen molar-refractivity contribution < 1.29 is 0 Å². The van der Waals surface area contributed by atoms with Gasteiger partial charge in [-0.1, -0.05) is 0 Å². The molecule has 0 spiro atoms. The van der Waals surface area contributed by atoms with Crippen molar-refractivity contribution >= 4 is 17.4 Å². The van der Waals surface area contributed by atoms with Crippen molar-refractivity contribution in [3.8, 4) is 0 Å². The summed E-state index contributed by atoms with van der Waals surface area (Å²) in [5.41, 5.74) is 1.04. The lowest BCUT2D eigenvalue weighted by Gasteiger charge is -1.93. The Bertz CT molecular complexity index is 260. The lowest BCUT2D eigenvalue weighted by atomic mass is 10.4. The molecule has 0 bridgehead atoms. The number of nitrogens with zero attached hydrogens (tertiary/aromatic N) is 3. The van der Waals surface area contributed by atoms with Gasteiger partial charge in [0.25, 0.3) is 0 Å². The molecule has 0 radical (unpaired) electrons. The molecule has 4 heteroatoms. The molecule has 0 fully saturated rings. The zero-order valence-corrected chi connectivity index (χ0v) is 6.43. The molecule has 3 nitrogen and oxygen atoms in total. The second-order valence-electron chi connectivity index (χ2n) is 1.85. The Morgan fingerprint density at radius 2 is 2.70 bits per heavy atom. The van der Waals surface area contributed by atoms with Crippen molar-refractivity contribution in [2.45, 2.75) is 6.54 Å². The van der Waals surface area contributed by atoms with Crippen LogP contribution in [-0.4, -0.2) is 14.9 Å². The van der Waals surface area contributed by atoms with Crippen molar-refractivity contribution in [3.63, 3.8) is 0 Å². The zero-order valence-electron chi connectivity index (χ0n) is 5.61. The predicted octanol–water partition coefficient (Wildman–Crippen LogP) is 1.02. The minimum absolute atomic E-state index is 0.569. The number of aliphatic imine (C=N–C) groups is 1. The third-order valence-electron chi connectivity index (χ3n) is 1.23. The minimum Gasteiger partial charge on any atom is -0.271 e. The molecule has 0 aliphatic carbocycles. The first kappa shape index (κ1) is 7.12. The Kier molecular flexibility index (Phi) is 2.31. The van der Waals surface area contributed by atoms with E-state index in [1.165, 1.54) is 0 Å². The summed E-state index contributed by atoms with van der Waals surface area (Å²) < 4.78 is 1.76. The van der Waals surface area contributed by atoms with Crippen molar-refractivity contribution in [1.82, 2.24) is 9.78 Å². The molecule has 0 aliphatic rings. The number of thiocarbonyl (C=S) groups is 1. The molecule has 1 heterocycles. The largest absolute Gasteiger partial charge is 0.271 e. The smallest absolute Gasteiger partial charge is 0.0911 e. The second-order valence-corrected chi connectivity index (χ2v) is 2.04. The van der Waals surface area contributed by atoms with Crippen LogP contribution in [0.1, 0.15) is 5.69 Å². The van der Waals surface area contributed by atoms with Crippen molar-refractivity contribution in [1.29, 1.82) is 0 Å². The van der Waals surface area contributed by atoms with E-state index in [9.17, 15) is 0 Å². The molecule has 10 heavy (non-hydrogen) atoms. The summed E-state index contributed by atoms with van der Waals surface area (Å²) in [7, 11) is 1.87. The highest BCUT2D eigenvalue weighted by atomic mass is 32.1. The molecule has 0 amide bonds. The van der Waals surface area contributed by atoms with Gasteiger partial charge < -0.3 is 0 Å². The average molecular weight is 153 g/mol. The fraction of sp³-hybridized carbons (Fsp3) is 0.333. The van der Waals surface area contributed by atoms with Gasteiger partial charge in [-0.3, -0.25) is 4.68 Å². The summed E-state index contributed by atoms with van der Waals surface area (Å²) in [6.07, 6.45) is 1.73. The lowest BCUT2D eigenvalue weighted by molar-refractivity contribution is 0.713. The highest BCUT2D eigenvalue weighted by Gasteiger charge is 1.93. The minimum atomic E-state index is 0.569. The molecule has 0 unspecified atom stereocenters. The third-order valence-corrected chi connectivity index (χ3v) is 1.36. The van der Waals surface area contributed by atoms with Crippen LogP contribution in [0.2, 0.25) is 0 Å². The fourth-order valence-electron chi connectivity index (χ4n) is 0.670. The van der Waals surface area contributed by atoms with Crippen LogP contribution in [0, 0.1) is 0 Å². The Morgan fingerprint density at radius 3 is 3.20 bits per heavy atom. The van der Waals surface area contributed by atoms with Crippen LogP contribution in [0.5, 0.6) is 0 Å². The van der Waals surface area contributed by atoms with Gasteiger partial charge in [0, 0.05) is 13.2 Å². The summed E-state index contributed by atoms with van der Waals surface area (Å²) in [5.74, 6) is 0. The van der Waals surface area contributed by atoms with E-state index in [1.807, 2.05) is 13.1 Å². The highest BCUT2D eigenvalue weighted by Crippen LogP contribution is 1.96. The van der Waals surface area contributed by atoms with Crippen LogP contribution in [0.15, 0.2) is 17.3 Å². The van der Waals surface area contributed by atoms with Gasteiger partial charge in [-0.25, -0.2) is 4.99 Å². The maximum atomic E-state index is 4.42. The van der Waals surface area contributed by atoms with Gasteiger partial charge in [0.05, 0.1) is 17.4 Å². The standard InChI is InChI=1S/C6H7N3S/c1-9-6(2-3-8-9)4-7-5-10/h2-3H,4H2,1H3. The van der Waals surface area contributed by atoms with Crippen LogP contribution < -0.4 is 0 Å². The first-order valence-corrected chi connectivity index (χ1v) is 3.26. The van der Waals surface area contributed by atoms with E-state index in [0.717, 1.165) is 5.69 Å². The van der Waals surface area contributed by atoms with Crippen LogP contribution in [0.25, 0.3) is 0 Å². The highest BCUT2D eigenvalue weighted by molar-refractivity contribution is 7.78. The summed E-state index contributed by atoms with van der Waals surface area (Å²) in [6, 6.07) is 1.90. The number of hydrogen-bond donors (Lipinski definition) is 0. The van der Waals surface area contributed by atoms with E-state index >= 15 is 0 Å². The molecular weight excluding hydrogens is 146 g/mol. The van der Waals surface area contributed by atoms with Crippen molar-refractivity contribution in [3.05, 3.63) is 18.0 Å². The Morgan fingerprint density at radius 1 is 1.90 bits per heavy atom. The normalized spacial score (nSPS) is 8.90. The molecular formula is C6H7N3S. The summed E-state index contributed by atoms with van der Waals surface area (Å²) >= 11 is 4.42. The van der Waals surface area contributed by atoms with Gasteiger partial charge >= 0.3 is 0 Å². The quantitative estimate of drug-likeness (QED) is 0.469. The molecule has 1 aromatic heterocycles. The van der Waals surface area contributed by atoms with Gasteiger partial charge in [0.1, 0.15) is 0 Å². The predicted molar refractivity (Wildman–Crippen MR) is 41.9 cm³/mol. The molecule has 52 valence electrons. The number of isothiocyanates is 1. The molecule has 0 saturated heterocycles. The maximum absolute atomic E-state index is 4.42. The van der Waals surface area contributed by atoms with Crippen molar-refractivity contribution in [2.24, 2.45) is 12.0 Å². The molecule has 0 atom stereocenters. The molecule has 0 saturated carbocycles. The van der Waals surface area contributed by atoms with E-state index in [4.69, 9.17) is 0 Å². The number of aromatic nitrogens is 2. The fourth-order valence-corrected chi connectivity index (χ4v) is 0.734. The van der Waals surface area contributed by atoms with Crippen LogP contribution >= 0.6 is 12.2 Å². The monoisotopic (exact) mass is 153 g/mol. The summed E-state index contributed by atoms with van der Waals surface area (Å²) in [6.45, 7) is 0.569. The van der Waals surface area contributed by atoms with Gasteiger partial charge in [0.2, 0.25) is 0 Å². The first-order valence-electron chi connectivity index (χ1n) is 2.85. The number of aryl methyl sites for hydroxylation is 1. The van der Waals surface area contributed by atoms with Gasteiger partial charge in [0.15, 0.2) is 0 Å². The van der Waals surface area contributed by atoms with Gasteiger partial charge in [-0.2, -0.15) is 5.10 Å². The topological polar surface area (TPSA) is 30.2 Å². The Balaban J connectivity index is 2.74. The average Bonchev–Trinajstić information content (AvgIpc) is 2.31. The van der Waals surface area contributed by atoms with Crippen LogP contribution in [0.4, 0.5) is 0 Å². The Labute approximate surface area is 64.4 Å². The summed E-state index contributed by atoms with van der Waals surface area (Å²) in [5, 5.41) is 6.26. The molecule has 0 aliphatic heterocycles. The number of hydrogen-bond acceptors (Lipinski definition) is 3. The van der Waals surface area contributed by atoms with Crippen LogP contribution in [0.3, 0.4) is 0 Å². The third kappa shape index (κ3) is 1.50. The SMILES string of the molecule is Cn1nccc1CN=C=S. The van der Waals surface area contributed by atoms with Gasteiger partial charge in [-0.15, -0.1) is 0 Å². The summed E-state index contributed by atoms with van der Waals surface area (Å²) in [4.78, 5) is 3.78. The van der Waals surface area contributed by atoms with Crippen molar-refractivity contribution in [2.75, 3.05) is 0 Å². The number of rotatable bonds is 2. The maximum Gasteiger partial charge on any atom is 0.0911 e. The Hall–Kier alpha value is -0.990. The molecule has 1 rings (SSSR count). The zero-order chi connectivity index (χ0) is 7.40.